The Hall–Kier alpha value is -2.97. The number of nitrogens with zero attached hydrogens (tertiary/aromatic N) is 4. The molecule has 0 bridgehead atoms. The van der Waals surface area contributed by atoms with Crippen molar-refractivity contribution < 1.29 is 14.3 Å². The smallest absolute Gasteiger partial charge is 0.278 e. The first-order valence-corrected chi connectivity index (χ1v) is 5.48. The highest BCUT2D eigenvalue weighted by molar-refractivity contribution is 6.01. The van der Waals surface area contributed by atoms with E-state index in [0.29, 0.717) is 0 Å². The fourth-order valence-electron chi connectivity index (χ4n) is 1.33. The highest BCUT2D eigenvalue weighted by atomic mass is 16.5. The molecule has 2 heterocycles. The quantitative estimate of drug-likeness (QED) is 0.806. The Bertz CT molecular complexity index is 611. The molecule has 20 heavy (non-hydrogen) atoms. The zero-order valence-corrected chi connectivity index (χ0v) is 10.8. The van der Waals surface area contributed by atoms with Crippen molar-refractivity contribution in [3.05, 3.63) is 24.2 Å². The molecule has 104 valence electrons. The van der Waals surface area contributed by atoms with Gasteiger partial charge >= 0.3 is 0 Å². The lowest BCUT2D eigenvalue weighted by Gasteiger charge is -2.07. The third kappa shape index (κ3) is 3.07. The summed E-state index contributed by atoms with van der Waals surface area (Å²) in [5.41, 5.74) is 5.51. The number of aromatic nitrogens is 4. The summed E-state index contributed by atoms with van der Waals surface area (Å²) in [7, 11) is 2.88. The second kappa shape index (κ2) is 5.78. The van der Waals surface area contributed by atoms with Crippen molar-refractivity contribution in [3.8, 4) is 11.8 Å². The number of nitrogens with one attached hydrogen (secondary N) is 1. The number of amides is 1. The standard InChI is InChI=1S/C11H12N6O3/c1-19-8-3-9(20-2)16-11(15-8)17-10(18)6-4-13-5-7(12)14-6/h3-5H,1-2H3,(H2,12,14)(H,15,16,17,18). The van der Waals surface area contributed by atoms with E-state index in [-0.39, 0.29) is 29.2 Å². The van der Waals surface area contributed by atoms with E-state index in [4.69, 9.17) is 15.2 Å². The largest absolute Gasteiger partial charge is 0.481 e. The second-order valence-corrected chi connectivity index (χ2v) is 3.56. The molecule has 9 nitrogen and oxygen atoms in total. The van der Waals surface area contributed by atoms with Crippen LogP contribution in [0.5, 0.6) is 11.8 Å². The molecule has 0 saturated heterocycles. The molecule has 1 amide bonds. The van der Waals surface area contributed by atoms with Crippen LogP contribution in [0.15, 0.2) is 18.5 Å². The minimum absolute atomic E-state index is 0.0235. The Morgan fingerprint density at radius 1 is 1.15 bits per heavy atom. The van der Waals surface area contributed by atoms with Crippen LogP contribution in [-0.4, -0.2) is 40.1 Å². The van der Waals surface area contributed by atoms with Gasteiger partial charge in [-0.05, 0) is 0 Å². The van der Waals surface area contributed by atoms with Crippen LogP contribution in [0.2, 0.25) is 0 Å². The van der Waals surface area contributed by atoms with Crippen LogP contribution in [0.3, 0.4) is 0 Å². The van der Waals surface area contributed by atoms with Crippen LogP contribution in [0, 0.1) is 0 Å². The molecule has 0 aliphatic heterocycles. The van der Waals surface area contributed by atoms with Gasteiger partial charge < -0.3 is 15.2 Å². The number of nitrogens with two attached hydrogens (primary N) is 1. The summed E-state index contributed by atoms with van der Waals surface area (Å²) in [4.78, 5) is 27.5. The summed E-state index contributed by atoms with van der Waals surface area (Å²) < 4.78 is 9.95. The predicted molar refractivity (Wildman–Crippen MR) is 69.5 cm³/mol. The monoisotopic (exact) mass is 276 g/mol. The van der Waals surface area contributed by atoms with Crippen molar-refractivity contribution in [1.29, 1.82) is 0 Å². The Kier molecular flexibility index (Phi) is 3.89. The van der Waals surface area contributed by atoms with Crippen LogP contribution in [0.1, 0.15) is 10.5 Å². The molecule has 0 aliphatic carbocycles. The Morgan fingerprint density at radius 3 is 2.35 bits per heavy atom. The van der Waals surface area contributed by atoms with Crippen molar-refractivity contribution in [3.63, 3.8) is 0 Å². The molecule has 2 aromatic heterocycles. The molecule has 0 aromatic carbocycles. The second-order valence-electron chi connectivity index (χ2n) is 3.56. The van der Waals surface area contributed by atoms with E-state index < -0.39 is 5.91 Å². The van der Waals surface area contributed by atoms with Gasteiger partial charge in [0.2, 0.25) is 17.7 Å². The zero-order valence-electron chi connectivity index (χ0n) is 10.8. The van der Waals surface area contributed by atoms with Crippen molar-refractivity contribution >= 4 is 17.7 Å². The van der Waals surface area contributed by atoms with Crippen molar-refractivity contribution in [2.24, 2.45) is 0 Å². The summed E-state index contributed by atoms with van der Waals surface area (Å²) in [6.45, 7) is 0. The molecule has 2 aromatic rings. The van der Waals surface area contributed by atoms with Crippen LogP contribution < -0.4 is 20.5 Å². The molecule has 0 saturated carbocycles. The van der Waals surface area contributed by atoms with Gasteiger partial charge in [-0.25, -0.2) is 4.98 Å². The topological polar surface area (TPSA) is 125 Å². The van der Waals surface area contributed by atoms with Gasteiger partial charge in [-0.1, -0.05) is 0 Å². The molecule has 0 atom stereocenters. The molecule has 3 N–H and O–H groups in total. The minimum Gasteiger partial charge on any atom is -0.481 e. The number of nitrogen functional groups attached to an aromatic ring is 1. The number of rotatable bonds is 4. The third-order valence-corrected chi connectivity index (χ3v) is 2.21. The molecule has 0 spiro atoms. The lowest BCUT2D eigenvalue weighted by Crippen LogP contribution is -2.17. The summed E-state index contributed by atoms with van der Waals surface area (Å²) in [5.74, 6) is 0.133. The molecular formula is C11H12N6O3. The van der Waals surface area contributed by atoms with Crippen molar-refractivity contribution in [1.82, 2.24) is 19.9 Å². The Balaban J connectivity index is 2.23. The van der Waals surface area contributed by atoms with Gasteiger partial charge in [-0.3, -0.25) is 15.1 Å². The number of carbonyl (C=O) groups excluding carboxylic acids is 1. The summed E-state index contributed by atoms with van der Waals surface area (Å²) in [6.07, 6.45) is 2.62. The van der Waals surface area contributed by atoms with Gasteiger partial charge in [0, 0.05) is 0 Å². The van der Waals surface area contributed by atoms with E-state index in [9.17, 15) is 4.79 Å². The number of hydrogen-bond acceptors (Lipinski definition) is 8. The number of carbonyl (C=O) groups is 1. The van der Waals surface area contributed by atoms with Gasteiger partial charge in [0.15, 0.2) is 0 Å². The van der Waals surface area contributed by atoms with E-state index >= 15 is 0 Å². The first-order chi connectivity index (χ1) is 9.62. The van der Waals surface area contributed by atoms with Crippen LogP contribution >= 0.6 is 0 Å². The molecule has 0 unspecified atom stereocenters. The van der Waals surface area contributed by atoms with E-state index in [1.54, 1.807) is 0 Å². The van der Waals surface area contributed by atoms with Crippen molar-refractivity contribution in [2.45, 2.75) is 0 Å². The normalized spacial score (nSPS) is 9.90. The summed E-state index contributed by atoms with van der Waals surface area (Å²) in [5, 5.41) is 2.46. The SMILES string of the molecule is COc1cc(OC)nc(NC(=O)c2cncc(N)n2)n1. The van der Waals surface area contributed by atoms with E-state index in [1.807, 2.05) is 0 Å². The van der Waals surface area contributed by atoms with Crippen LogP contribution in [0.25, 0.3) is 0 Å². The number of anilines is 2. The minimum atomic E-state index is -0.542. The van der Waals surface area contributed by atoms with E-state index in [1.165, 1.54) is 32.7 Å². The maximum Gasteiger partial charge on any atom is 0.278 e. The molecule has 2 rings (SSSR count). The summed E-state index contributed by atoms with van der Waals surface area (Å²) in [6, 6.07) is 1.48. The molecule has 9 heteroatoms. The number of methoxy groups -OCH3 is 2. The molecule has 0 aliphatic rings. The van der Waals surface area contributed by atoms with E-state index in [2.05, 4.69) is 25.3 Å². The average molecular weight is 276 g/mol. The molecule has 0 radical (unpaired) electrons. The number of hydrogen-bond donors (Lipinski definition) is 2. The van der Waals surface area contributed by atoms with E-state index in [0.717, 1.165) is 0 Å². The fourth-order valence-corrected chi connectivity index (χ4v) is 1.33. The maximum absolute atomic E-state index is 11.9. The van der Waals surface area contributed by atoms with Crippen molar-refractivity contribution in [2.75, 3.05) is 25.3 Å². The Labute approximate surface area is 114 Å². The number of ether oxygens (including phenoxy) is 2. The fraction of sp³-hybridized carbons (Fsp3) is 0.182. The van der Waals surface area contributed by atoms with Gasteiger partial charge in [0.05, 0.1) is 32.7 Å². The van der Waals surface area contributed by atoms with Crippen LogP contribution in [0.4, 0.5) is 11.8 Å². The Morgan fingerprint density at radius 2 is 1.80 bits per heavy atom. The highest BCUT2D eigenvalue weighted by Crippen LogP contribution is 2.17. The van der Waals surface area contributed by atoms with Gasteiger partial charge in [-0.2, -0.15) is 9.97 Å². The maximum atomic E-state index is 11.9. The first-order valence-electron chi connectivity index (χ1n) is 5.48. The molecular weight excluding hydrogens is 264 g/mol. The van der Waals surface area contributed by atoms with Gasteiger partial charge in [0.25, 0.3) is 5.91 Å². The summed E-state index contributed by atoms with van der Waals surface area (Å²) >= 11 is 0. The average Bonchev–Trinajstić information content (AvgIpc) is 2.46. The van der Waals surface area contributed by atoms with Crippen LogP contribution in [-0.2, 0) is 0 Å². The lowest BCUT2D eigenvalue weighted by atomic mass is 10.4. The highest BCUT2D eigenvalue weighted by Gasteiger charge is 2.12. The predicted octanol–water partition coefficient (Wildman–Crippen LogP) is 0.118. The first kappa shape index (κ1) is 13.5. The zero-order chi connectivity index (χ0) is 14.5. The van der Waals surface area contributed by atoms with Gasteiger partial charge in [-0.15, -0.1) is 0 Å². The van der Waals surface area contributed by atoms with Gasteiger partial charge in [0.1, 0.15) is 11.5 Å². The molecule has 0 fully saturated rings. The third-order valence-electron chi connectivity index (χ3n) is 2.21. The lowest BCUT2D eigenvalue weighted by molar-refractivity contribution is 0.102.